The number of hydrogen-bond acceptors (Lipinski definition) is 4. The molecule has 0 aliphatic carbocycles. The average Bonchev–Trinajstić information content (AvgIpc) is 3.21. The molecule has 1 N–H and O–H groups in total. The second kappa shape index (κ2) is 9.12. The second-order valence-corrected chi connectivity index (χ2v) is 6.18. The number of aromatic nitrogens is 2. The van der Waals surface area contributed by atoms with Crippen LogP contribution in [0.5, 0.6) is 5.75 Å². The van der Waals surface area contributed by atoms with Crippen LogP contribution in [0.3, 0.4) is 0 Å². The Bertz CT molecular complexity index is 692. The number of rotatable bonds is 6. The van der Waals surface area contributed by atoms with Crippen LogP contribution in [0, 0.1) is 0 Å². The number of ether oxygens (including phenoxy) is 1. The van der Waals surface area contributed by atoms with Crippen LogP contribution >= 0.6 is 0 Å². The highest BCUT2D eigenvalue weighted by Gasteiger charge is 2.20. The first-order valence-corrected chi connectivity index (χ1v) is 9.20. The number of methoxy groups -OCH3 is 1. The van der Waals surface area contributed by atoms with E-state index >= 15 is 0 Å². The molecule has 7 heteroatoms. The highest BCUT2D eigenvalue weighted by atomic mass is 16.5. The maximum Gasteiger partial charge on any atom is 0.194 e. The minimum absolute atomic E-state index is 0.722. The molecule has 3 rings (SSSR count). The fourth-order valence-electron chi connectivity index (χ4n) is 3.10. The Kier molecular flexibility index (Phi) is 6.35. The number of nitrogens with one attached hydrogen (secondary N) is 1. The molecule has 7 nitrogen and oxygen atoms in total. The van der Waals surface area contributed by atoms with Gasteiger partial charge in [0.05, 0.1) is 20.2 Å². The lowest BCUT2D eigenvalue weighted by molar-refractivity contribution is 0.371. The van der Waals surface area contributed by atoms with Crippen molar-refractivity contribution in [3.05, 3.63) is 42.7 Å². The lowest BCUT2D eigenvalue weighted by atomic mass is 10.2. The molecule has 1 aromatic heterocycles. The summed E-state index contributed by atoms with van der Waals surface area (Å²) in [5, 5.41) is 7.64. The van der Waals surface area contributed by atoms with Gasteiger partial charge in [0.1, 0.15) is 5.75 Å². The number of hydrogen-bond donors (Lipinski definition) is 1. The molecule has 0 saturated carbocycles. The average molecular weight is 356 g/mol. The standard InChI is InChI=1S/C19H28N6O/c1-3-20-19(21-9-11-25-10-5-8-22-25)24-14-12-23(13-15-24)17-6-4-7-18(16-17)26-2/h4-8,10,16H,3,9,11-15H2,1-2H3,(H,20,21). The first-order valence-electron chi connectivity index (χ1n) is 9.20. The third-order valence-electron chi connectivity index (χ3n) is 4.48. The molecular formula is C19H28N6O. The van der Waals surface area contributed by atoms with E-state index in [9.17, 15) is 0 Å². The normalized spacial score (nSPS) is 15.2. The molecule has 0 unspecified atom stereocenters. The predicted octanol–water partition coefficient (Wildman–Crippen LogP) is 1.68. The Morgan fingerprint density at radius 3 is 2.77 bits per heavy atom. The third-order valence-corrected chi connectivity index (χ3v) is 4.48. The number of anilines is 1. The van der Waals surface area contributed by atoms with Crippen LogP contribution in [0.2, 0.25) is 0 Å². The van der Waals surface area contributed by atoms with Crippen molar-refractivity contribution in [3.63, 3.8) is 0 Å². The van der Waals surface area contributed by atoms with E-state index in [0.717, 1.165) is 57.5 Å². The van der Waals surface area contributed by atoms with Crippen molar-refractivity contribution in [1.29, 1.82) is 0 Å². The minimum atomic E-state index is 0.722. The Labute approximate surface area is 155 Å². The molecule has 2 aromatic rings. The van der Waals surface area contributed by atoms with Crippen molar-refractivity contribution in [2.75, 3.05) is 51.3 Å². The van der Waals surface area contributed by atoms with E-state index in [-0.39, 0.29) is 0 Å². The zero-order chi connectivity index (χ0) is 18.2. The van der Waals surface area contributed by atoms with Crippen LogP contribution in [-0.4, -0.2) is 67.0 Å². The Hall–Kier alpha value is -2.70. The molecule has 0 bridgehead atoms. The van der Waals surface area contributed by atoms with E-state index in [1.54, 1.807) is 13.3 Å². The maximum absolute atomic E-state index is 5.34. The van der Waals surface area contributed by atoms with E-state index in [2.05, 4.69) is 39.3 Å². The van der Waals surface area contributed by atoms with Gasteiger partial charge in [-0.15, -0.1) is 0 Å². The predicted molar refractivity (Wildman–Crippen MR) is 105 cm³/mol. The third kappa shape index (κ3) is 4.68. The number of nitrogens with zero attached hydrogens (tertiary/aromatic N) is 5. The van der Waals surface area contributed by atoms with Gasteiger partial charge in [-0.3, -0.25) is 9.67 Å². The first kappa shape index (κ1) is 18.1. The maximum atomic E-state index is 5.34. The topological polar surface area (TPSA) is 57.9 Å². The van der Waals surface area contributed by atoms with Gasteiger partial charge in [0.15, 0.2) is 5.96 Å². The Morgan fingerprint density at radius 1 is 1.23 bits per heavy atom. The Balaban J connectivity index is 1.56. The molecule has 0 amide bonds. The lowest BCUT2D eigenvalue weighted by Gasteiger charge is -2.37. The molecule has 2 heterocycles. The molecule has 0 atom stereocenters. The molecule has 1 aromatic carbocycles. The molecule has 0 radical (unpaired) electrons. The summed E-state index contributed by atoms with van der Waals surface area (Å²) in [5.74, 6) is 1.89. The quantitative estimate of drug-likeness (QED) is 0.630. The lowest BCUT2D eigenvalue weighted by Crippen LogP contribution is -2.52. The summed E-state index contributed by atoms with van der Waals surface area (Å²) in [5.41, 5.74) is 1.21. The van der Waals surface area contributed by atoms with Gasteiger partial charge < -0.3 is 19.9 Å². The minimum Gasteiger partial charge on any atom is -0.497 e. The number of aliphatic imine (C=N–C) groups is 1. The summed E-state index contributed by atoms with van der Waals surface area (Å²) < 4.78 is 7.25. The molecule has 26 heavy (non-hydrogen) atoms. The number of guanidine groups is 1. The van der Waals surface area contributed by atoms with E-state index in [0.29, 0.717) is 0 Å². The second-order valence-electron chi connectivity index (χ2n) is 6.18. The molecule has 0 spiro atoms. The molecule has 1 fully saturated rings. The fraction of sp³-hybridized carbons (Fsp3) is 0.474. The molecule has 1 aliphatic heterocycles. The molecule has 1 saturated heterocycles. The summed E-state index contributed by atoms with van der Waals surface area (Å²) in [7, 11) is 1.71. The molecule has 1 aliphatic rings. The monoisotopic (exact) mass is 356 g/mol. The highest BCUT2D eigenvalue weighted by Crippen LogP contribution is 2.22. The van der Waals surface area contributed by atoms with Crippen molar-refractivity contribution in [2.45, 2.75) is 13.5 Å². The summed E-state index contributed by atoms with van der Waals surface area (Å²) in [6.07, 6.45) is 3.77. The van der Waals surface area contributed by atoms with Crippen molar-refractivity contribution >= 4 is 11.6 Å². The largest absolute Gasteiger partial charge is 0.497 e. The van der Waals surface area contributed by atoms with Gasteiger partial charge >= 0.3 is 0 Å². The number of benzene rings is 1. The van der Waals surface area contributed by atoms with Crippen LogP contribution in [0.25, 0.3) is 0 Å². The molecular weight excluding hydrogens is 328 g/mol. The summed E-state index contributed by atoms with van der Waals surface area (Å²) in [6.45, 7) is 8.33. The zero-order valence-electron chi connectivity index (χ0n) is 15.6. The van der Waals surface area contributed by atoms with Crippen molar-refractivity contribution in [2.24, 2.45) is 4.99 Å². The summed E-state index contributed by atoms with van der Waals surface area (Å²) in [4.78, 5) is 9.50. The number of piperazine rings is 1. The SMILES string of the molecule is CCNC(=NCCn1cccn1)N1CCN(c2cccc(OC)c2)CC1. The van der Waals surface area contributed by atoms with Gasteiger partial charge in [0.25, 0.3) is 0 Å². The first-order chi connectivity index (χ1) is 12.8. The van der Waals surface area contributed by atoms with Gasteiger partial charge in [-0.05, 0) is 25.1 Å². The van der Waals surface area contributed by atoms with E-state index in [1.165, 1.54) is 5.69 Å². The van der Waals surface area contributed by atoms with Crippen LogP contribution in [0.4, 0.5) is 5.69 Å². The van der Waals surface area contributed by atoms with Gasteiger partial charge in [-0.1, -0.05) is 6.07 Å². The van der Waals surface area contributed by atoms with Crippen LogP contribution in [-0.2, 0) is 6.54 Å². The fourth-order valence-corrected chi connectivity index (χ4v) is 3.10. The molecule has 140 valence electrons. The van der Waals surface area contributed by atoms with Crippen molar-refractivity contribution in [1.82, 2.24) is 20.0 Å². The van der Waals surface area contributed by atoms with Crippen LogP contribution in [0.15, 0.2) is 47.7 Å². The Morgan fingerprint density at radius 2 is 2.08 bits per heavy atom. The van der Waals surface area contributed by atoms with Crippen LogP contribution in [0.1, 0.15) is 6.92 Å². The van der Waals surface area contributed by atoms with E-state index in [1.807, 2.05) is 29.1 Å². The van der Waals surface area contributed by atoms with Gasteiger partial charge in [0.2, 0.25) is 0 Å². The van der Waals surface area contributed by atoms with Gasteiger partial charge in [-0.2, -0.15) is 5.10 Å². The van der Waals surface area contributed by atoms with Gasteiger partial charge in [-0.25, -0.2) is 0 Å². The van der Waals surface area contributed by atoms with E-state index in [4.69, 9.17) is 9.73 Å². The zero-order valence-corrected chi connectivity index (χ0v) is 15.6. The van der Waals surface area contributed by atoms with Crippen molar-refractivity contribution in [3.8, 4) is 5.75 Å². The summed E-state index contributed by atoms with van der Waals surface area (Å²) >= 11 is 0. The van der Waals surface area contributed by atoms with Gasteiger partial charge in [0, 0.05) is 56.9 Å². The summed E-state index contributed by atoms with van der Waals surface area (Å²) in [6, 6.07) is 10.2. The van der Waals surface area contributed by atoms with E-state index < -0.39 is 0 Å². The smallest absolute Gasteiger partial charge is 0.194 e. The van der Waals surface area contributed by atoms with Crippen molar-refractivity contribution < 1.29 is 4.74 Å². The highest BCUT2D eigenvalue weighted by molar-refractivity contribution is 5.80. The van der Waals surface area contributed by atoms with Crippen LogP contribution < -0.4 is 15.0 Å².